The van der Waals surface area contributed by atoms with E-state index < -0.39 is 5.60 Å². The Morgan fingerprint density at radius 2 is 1.93 bits per heavy atom. The molecule has 0 bridgehead atoms. The fraction of sp³-hybridized carbons (Fsp3) is 0.857. The topological polar surface area (TPSA) is 20.2 Å². The van der Waals surface area contributed by atoms with Gasteiger partial charge in [-0.05, 0) is 30.6 Å². The van der Waals surface area contributed by atoms with E-state index in [1.54, 1.807) is 0 Å². The van der Waals surface area contributed by atoms with Gasteiger partial charge in [0, 0.05) is 5.92 Å². The van der Waals surface area contributed by atoms with Crippen molar-refractivity contribution in [2.45, 2.75) is 52.6 Å². The molecule has 3 unspecified atom stereocenters. The Labute approximate surface area is 94.6 Å². The van der Waals surface area contributed by atoms with Gasteiger partial charge in [0.1, 0.15) is 0 Å². The molecule has 0 radical (unpaired) electrons. The highest BCUT2D eigenvalue weighted by Crippen LogP contribution is 2.45. The first-order valence-electron chi connectivity index (χ1n) is 6.26. The minimum Gasteiger partial charge on any atom is -0.389 e. The minimum absolute atomic E-state index is 0.202. The van der Waals surface area contributed by atoms with Gasteiger partial charge in [-0.2, -0.15) is 0 Å². The normalized spacial score (nSPS) is 39.1. The second-order valence-electron chi connectivity index (χ2n) is 5.75. The molecule has 0 saturated heterocycles. The maximum Gasteiger partial charge on any atom is 0.0740 e. The Kier molecular flexibility index (Phi) is 3.99. The zero-order valence-corrected chi connectivity index (χ0v) is 10.7. The highest BCUT2D eigenvalue weighted by molar-refractivity contribution is 5.01. The van der Waals surface area contributed by atoms with Gasteiger partial charge in [0.2, 0.25) is 0 Å². The van der Waals surface area contributed by atoms with Gasteiger partial charge in [-0.3, -0.25) is 0 Å². The van der Waals surface area contributed by atoms with Crippen molar-refractivity contribution in [2.24, 2.45) is 23.7 Å². The van der Waals surface area contributed by atoms with Gasteiger partial charge in [-0.15, -0.1) is 6.58 Å². The van der Waals surface area contributed by atoms with Gasteiger partial charge in [-0.1, -0.05) is 40.2 Å². The van der Waals surface area contributed by atoms with Crippen molar-refractivity contribution in [1.82, 2.24) is 0 Å². The lowest BCUT2D eigenvalue weighted by atomic mass is 9.62. The van der Waals surface area contributed by atoms with Crippen LogP contribution >= 0.6 is 0 Å². The van der Waals surface area contributed by atoms with Crippen LogP contribution in [0.25, 0.3) is 0 Å². The molecule has 1 rings (SSSR count). The second kappa shape index (κ2) is 4.69. The van der Waals surface area contributed by atoms with Crippen LogP contribution in [-0.2, 0) is 0 Å². The third-order valence-corrected chi connectivity index (χ3v) is 4.23. The van der Waals surface area contributed by atoms with E-state index >= 15 is 0 Å². The van der Waals surface area contributed by atoms with Crippen molar-refractivity contribution in [3.8, 4) is 0 Å². The Morgan fingerprint density at radius 1 is 1.33 bits per heavy atom. The molecule has 0 heterocycles. The molecule has 1 aliphatic rings. The van der Waals surface area contributed by atoms with Crippen LogP contribution in [0.1, 0.15) is 47.0 Å². The van der Waals surface area contributed by atoms with E-state index in [4.69, 9.17) is 0 Å². The number of hydrogen-bond acceptors (Lipinski definition) is 1. The van der Waals surface area contributed by atoms with Crippen molar-refractivity contribution < 1.29 is 5.11 Å². The average Bonchev–Trinajstić information content (AvgIpc) is 2.15. The maximum atomic E-state index is 10.9. The third kappa shape index (κ3) is 2.44. The minimum atomic E-state index is -0.520. The van der Waals surface area contributed by atoms with E-state index in [0.29, 0.717) is 17.8 Å². The van der Waals surface area contributed by atoms with E-state index in [2.05, 4.69) is 34.3 Å². The SMILES string of the molecule is C=C[C@H](C)C1(O)CC(C)CCC1C(C)C. The quantitative estimate of drug-likeness (QED) is 0.705. The zero-order valence-electron chi connectivity index (χ0n) is 10.7. The molecule has 1 nitrogen and oxygen atoms in total. The first-order valence-corrected chi connectivity index (χ1v) is 6.26. The van der Waals surface area contributed by atoms with Gasteiger partial charge in [0.05, 0.1) is 5.60 Å². The third-order valence-electron chi connectivity index (χ3n) is 4.23. The number of aliphatic hydroxyl groups is 1. The molecule has 0 amide bonds. The standard InChI is InChI=1S/C14H26O/c1-6-12(5)14(15)9-11(4)7-8-13(14)10(2)3/h6,10-13,15H,1,7-9H2,2-5H3/t11?,12-,13?,14?/m0/s1. The molecule has 4 atom stereocenters. The molecule has 1 saturated carbocycles. The molecule has 0 aromatic carbocycles. The summed E-state index contributed by atoms with van der Waals surface area (Å²) in [4.78, 5) is 0. The van der Waals surface area contributed by atoms with Crippen molar-refractivity contribution in [2.75, 3.05) is 0 Å². The Hall–Kier alpha value is -0.300. The van der Waals surface area contributed by atoms with Gasteiger partial charge in [0.15, 0.2) is 0 Å². The summed E-state index contributed by atoms with van der Waals surface area (Å²) in [5.41, 5.74) is -0.520. The average molecular weight is 210 g/mol. The molecule has 0 aromatic rings. The van der Waals surface area contributed by atoms with Crippen molar-refractivity contribution in [1.29, 1.82) is 0 Å². The molecule has 1 N–H and O–H groups in total. The summed E-state index contributed by atoms with van der Waals surface area (Å²) in [5, 5.41) is 10.9. The van der Waals surface area contributed by atoms with Crippen LogP contribution in [0.5, 0.6) is 0 Å². The van der Waals surface area contributed by atoms with E-state index in [9.17, 15) is 5.11 Å². The molecule has 1 fully saturated rings. The molecule has 1 aliphatic carbocycles. The Balaban J connectivity index is 2.90. The Bertz CT molecular complexity index is 221. The summed E-state index contributed by atoms with van der Waals surface area (Å²) in [7, 11) is 0. The fourth-order valence-electron chi connectivity index (χ4n) is 3.16. The first-order chi connectivity index (χ1) is 6.91. The van der Waals surface area contributed by atoms with Crippen LogP contribution in [0.15, 0.2) is 12.7 Å². The van der Waals surface area contributed by atoms with E-state index in [1.807, 2.05) is 6.08 Å². The first kappa shape index (κ1) is 12.8. The van der Waals surface area contributed by atoms with E-state index in [0.717, 1.165) is 12.8 Å². The number of hydrogen-bond donors (Lipinski definition) is 1. The van der Waals surface area contributed by atoms with Crippen LogP contribution in [0.2, 0.25) is 0 Å². The second-order valence-corrected chi connectivity index (χ2v) is 5.75. The van der Waals surface area contributed by atoms with E-state index in [1.165, 1.54) is 6.42 Å². The predicted octanol–water partition coefficient (Wildman–Crippen LogP) is 3.63. The monoisotopic (exact) mass is 210 g/mol. The zero-order chi connectivity index (χ0) is 11.6. The number of rotatable bonds is 3. The summed E-state index contributed by atoms with van der Waals surface area (Å²) in [6.45, 7) is 12.6. The molecule has 0 spiro atoms. The highest BCUT2D eigenvalue weighted by Gasteiger charge is 2.45. The van der Waals surface area contributed by atoms with Crippen LogP contribution in [0.4, 0.5) is 0 Å². The van der Waals surface area contributed by atoms with Gasteiger partial charge in [0.25, 0.3) is 0 Å². The van der Waals surface area contributed by atoms with E-state index in [-0.39, 0.29) is 5.92 Å². The molecular weight excluding hydrogens is 184 g/mol. The van der Waals surface area contributed by atoms with Crippen LogP contribution in [0.3, 0.4) is 0 Å². The van der Waals surface area contributed by atoms with Crippen LogP contribution < -0.4 is 0 Å². The summed E-state index contributed by atoms with van der Waals surface area (Å²) in [6, 6.07) is 0. The molecule has 0 aromatic heterocycles. The van der Waals surface area contributed by atoms with Gasteiger partial charge < -0.3 is 5.11 Å². The predicted molar refractivity (Wildman–Crippen MR) is 65.7 cm³/mol. The summed E-state index contributed by atoms with van der Waals surface area (Å²) < 4.78 is 0. The maximum absolute atomic E-state index is 10.9. The smallest absolute Gasteiger partial charge is 0.0740 e. The lowest BCUT2D eigenvalue weighted by Crippen LogP contribution is -2.49. The molecular formula is C14H26O. The van der Waals surface area contributed by atoms with Crippen molar-refractivity contribution in [3.05, 3.63) is 12.7 Å². The molecule has 88 valence electrons. The largest absolute Gasteiger partial charge is 0.389 e. The molecule has 15 heavy (non-hydrogen) atoms. The molecule has 0 aliphatic heterocycles. The van der Waals surface area contributed by atoms with Crippen LogP contribution in [-0.4, -0.2) is 10.7 Å². The summed E-state index contributed by atoms with van der Waals surface area (Å²) >= 11 is 0. The summed E-state index contributed by atoms with van der Waals surface area (Å²) in [6.07, 6.45) is 5.26. The molecule has 1 heteroatoms. The van der Waals surface area contributed by atoms with Gasteiger partial charge in [-0.25, -0.2) is 0 Å². The van der Waals surface area contributed by atoms with Crippen molar-refractivity contribution in [3.63, 3.8) is 0 Å². The highest BCUT2D eigenvalue weighted by atomic mass is 16.3. The van der Waals surface area contributed by atoms with Crippen molar-refractivity contribution >= 4 is 0 Å². The van der Waals surface area contributed by atoms with Crippen LogP contribution in [0, 0.1) is 23.7 Å². The fourth-order valence-corrected chi connectivity index (χ4v) is 3.16. The lowest BCUT2D eigenvalue weighted by molar-refractivity contribution is -0.105. The van der Waals surface area contributed by atoms with Gasteiger partial charge >= 0.3 is 0 Å². The lowest BCUT2D eigenvalue weighted by Gasteiger charge is -2.47. The Morgan fingerprint density at radius 3 is 2.40 bits per heavy atom. The summed E-state index contributed by atoms with van der Waals surface area (Å²) in [5.74, 6) is 1.84.